The zero-order chi connectivity index (χ0) is 12.5. The molecule has 0 bridgehead atoms. The first kappa shape index (κ1) is 13.4. The van der Waals surface area contributed by atoms with Gasteiger partial charge >= 0.3 is 0 Å². The third-order valence-corrected chi connectivity index (χ3v) is 2.52. The van der Waals surface area contributed by atoms with Crippen molar-refractivity contribution in [3.63, 3.8) is 0 Å². The van der Waals surface area contributed by atoms with Crippen LogP contribution in [0.5, 0.6) is 0 Å². The zero-order valence-corrected chi connectivity index (χ0v) is 10.9. The summed E-state index contributed by atoms with van der Waals surface area (Å²) >= 11 is 5.20. The van der Waals surface area contributed by atoms with Gasteiger partial charge in [-0.2, -0.15) is 5.10 Å². The molecule has 0 radical (unpaired) electrons. The summed E-state index contributed by atoms with van der Waals surface area (Å²) in [6.07, 6.45) is 5.52. The number of nitrogens with zero attached hydrogens (tertiary/aromatic N) is 2. The summed E-state index contributed by atoms with van der Waals surface area (Å²) in [5, 5.41) is 9.59. The van der Waals surface area contributed by atoms with Gasteiger partial charge in [-0.15, -0.1) is 0 Å². The van der Waals surface area contributed by atoms with E-state index in [1.54, 1.807) is 18.3 Å². The van der Waals surface area contributed by atoms with E-state index in [9.17, 15) is 0 Å². The fourth-order valence-electron chi connectivity index (χ4n) is 1.26. The summed E-state index contributed by atoms with van der Waals surface area (Å²) in [5.41, 5.74) is 1.17. The second kappa shape index (κ2) is 7.57. The minimum absolute atomic E-state index is 0.606. The molecule has 0 aliphatic heterocycles. The van der Waals surface area contributed by atoms with Crippen molar-refractivity contribution in [1.29, 1.82) is 0 Å². The summed E-state index contributed by atoms with van der Waals surface area (Å²) in [4.78, 5) is 0. The monoisotopic (exact) mass is 247 g/mol. The van der Waals surface area contributed by atoms with Crippen molar-refractivity contribution in [2.75, 3.05) is 7.05 Å². The van der Waals surface area contributed by atoms with Crippen LogP contribution in [0.1, 0.15) is 12.5 Å². The van der Waals surface area contributed by atoms with Gasteiger partial charge in [0.25, 0.3) is 0 Å². The number of hydrogen-bond donors (Lipinski definition) is 1. The molecular formula is C13H17N3S. The SMILES string of the molecule is C/C=C/C=N/N(Cc1ccccc1)C(=S)NC. The van der Waals surface area contributed by atoms with Gasteiger partial charge in [-0.05, 0) is 30.8 Å². The lowest BCUT2D eigenvalue weighted by atomic mass is 10.2. The molecule has 0 heterocycles. The summed E-state index contributed by atoms with van der Waals surface area (Å²) in [5.74, 6) is 0. The number of rotatable bonds is 4. The number of thiocarbonyl (C=S) groups is 1. The van der Waals surface area contributed by atoms with E-state index < -0.39 is 0 Å². The minimum Gasteiger partial charge on any atom is -0.364 e. The van der Waals surface area contributed by atoms with Gasteiger partial charge in [-0.3, -0.25) is 0 Å². The molecule has 0 aliphatic rings. The van der Waals surface area contributed by atoms with E-state index in [-0.39, 0.29) is 0 Å². The molecule has 1 aromatic rings. The highest BCUT2D eigenvalue weighted by molar-refractivity contribution is 7.80. The quantitative estimate of drug-likeness (QED) is 0.503. The normalized spacial score (nSPS) is 10.9. The van der Waals surface area contributed by atoms with E-state index in [1.165, 1.54) is 5.56 Å². The number of hydrazone groups is 1. The Morgan fingerprint density at radius 1 is 1.41 bits per heavy atom. The molecule has 1 N–H and O–H groups in total. The topological polar surface area (TPSA) is 27.6 Å². The highest BCUT2D eigenvalue weighted by Gasteiger charge is 2.06. The highest BCUT2D eigenvalue weighted by atomic mass is 32.1. The summed E-state index contributed by atoms with van der Waals surface area (Å²) < 4.78 is 0. The van der Waals surface area contributed by atoms with E-state index in [1.807, 2.05) is 37.3 Å². The molecule has 0 spiro atoms. The standard InChI is InChI=1S/C13H17N3S/c1-3-4-10-15-16(13(17)14-2)11-12-8-6-5-7-9-12/h3-10H,11H2,1-2H3,(H,14,17)/b4-3+,15-10+. The van der Waals surface area contributed by atoms with Gasteiger partial charge in [0.15, 0.2) is 5.11 Å². The Kier molecular flexibility index (Phi) is 5.96. The number of nitrogens with one attached hydrogen (secondary N) is 1. The van der Waals surface area contributed by atoms with Gasteiger partial charge in [0, 0.05) is 13.3 Å². The maximum Gasteiger partial charge on any atom is 0.189 e. The number of allylic oxidation sites excluding steroid dienone is 2. The van der Waals surface area contributed by atoms with Crippen molar-refractivity contribution in [1.82, 2.24) is 10.3 Å². The summed E-state index contributed by atoms with van der Waals surface area (Å²) in [7, 11) is 1.80. The van der Waals surface area contributed by atoms with Crippen molar-refractivity contribution < 1.29 is 0 Å². The van der Waals surface area contributed by atoms with E-state index >= 15 is 0 Å². The van der Waals surface area contributed by atoms with Crippen LogP contribution < -0.4 is 5.32 Å². The second-order valence-electron chi connectivity index (χ2n) is 3.39. The van der Waals surface area contributed by atoms with E-state index in [2.05, 4.69) is 22.6 Å². The van der Waals surface area contributed by atoms with Gasteiger partial charge in [-0.25, -0.2) is 5.01 Å². The molecule has 0 amide bonds. The van der Waals surface area contributed by atoms with Crippen LogP contribution in [0.3, 0.4) is 0 Å². The van der Waals surface area contributed by atoms with Crippen LogP contribution in [0.25, 0.3) is 0 Å². The van der Waals surface area contributed by atoms with Crippen LogP contribution in [-0.4, -0.2) is 23.4 Å². The van der Waals surface area contributed by atoms with Gasteiger partial charge < -0.3 is 5.32 Å². The predicted octanol–water partition coefficient (Wildman–Crippen LogP) is 2.55. The molecule has 0 fully saturated rings. The lowest BCUT2D eigenvalue weighted by Crippen LogP contribution is -2.33. The van der Waals surface area contributed by atoms with Gasteiger partial charge in [0.1, 0.15) is 0 Å². The van der Waals surface area contributed by atoms with Crippen LogP contribution in [0, 0.1) is 0 Å². The molecule has 1 rings (SSSR count). The fraction of sp³-hybridized carbons (Fsp3) is 0.231. The average molecular weight is 247 g/mol. The fourth-order valence-corrected chi connectivity index (χ4v) is 1.37. The van der Waals surface area contributed by atoms with Crippen LogP contribution >= 0.6 is 12.2 Å². The maximum atomic E-state index is 5.20. The average Bonchev–Trinajstić information content (AvgIpc) is 2.38. The van der Waals surface area contributed by atoms with Gasteiger partial charge in [-0.1, -0.05) is 36.4 Å². The molecule has 0 aromatic heterocycles. The third-order valence-electron chi connectivity index (χ3n) is 2.11. The maximum absolute atomic E-state index is 5.20. The predicted molar refractivity (Wildman–Crippen MR) is 76.9 cm³/mol. The molecule has 0 unspecified atom stereocenters. The Hall–Kier alpha value is -1.68. The van der Waals surface area contributed by atoms with Crippen LogP contribution in [0.2, 0.25) is 0 Å². The summed E-state index contributed by atoms with van der Waals surface area (Å²) in [6.45, 7) is 2.61. The molecule has 0 atom stereocenters. The molecule has 3 nitrogen and oxygen atoms in total. The van der Waals surface area contributed by atoms with Crippen LogP contribution in [0.15, 0.2) is 47.6 Å². The molecule has 0 saturated carbocycles. The molecule has 4 heteroatoms. The second-order valence-corrected chi connectivity index (χ2v) is 3.78. The van der Waals surface area contributed by atoms with Crippen LogP contribution in [0.4, 0.5) is 0 Å². The highest BCUT2D eigenvalue weighted by Crippen LogP contribution is 2.04. The zero-order valence-electron chi connectivity index (χ0n) is 10.1. The number of benzene rings is 1. The smallest absolute Gasteiger partial charge is 0.189 e. The Balaban J connectivity index is 2.74. The van der Waals surface area contributed by atoms with Gasteiger partial charge in [0.05, 0.1) is 6.54 Å². The lowest BCUT2D eigenvalue weighted by molar-refractivity contribution is 0.437. The molecule has 1 aromatic carbocycles. The Morgan fingerprint density at radius 2 is 2.12 bits per heavy atom. The van der Waals surface area contributed by atoms with E-state index in [0.29, 0.717) is 11.7 Å². The molecule has 90 valence electrons. The Labute approximate surface area is 108 Å². The van der Waals surface area contributed by atoms with Crippen molar-refractivity contribution in [2.24, 2.45) is 5.10 Å². The Bertz CT molecular complexity index is 398. The van der Waals surface area contributed by atoms with Crippen molar-refractivity contribution in [3.8, 4) is 0 Å². The summed E-state index contributed by atoms with van der Waals surface area (Å²) in [6, 6.07) is 10.1. The van der Waals surface area contributed by atoms with Crippen molar-refractivity contribution in [2.45, 2.75) is 13.5 Å². The molecular weight excluding hydrogens is 230 g/mol. The third kappa shape index (κ3) is 4.78. The number of hydrogen-bond acceptors (Lipinski definition) is 2. The van der Waals surface area contributed by atoms with Crippen LogP contribution in [-0.2, 0) is 6.54 Å². The molecule has 0 saturated heterocycles. The molecule has 0 aliphatic carbocycles. The first-order chi connectivity index (χ1) is 8.27. The van der Waals surface area contributed by atoms with Crippen molar-refractivity contribution >= 4 is 23.5 Å². The van der Waals surface area contributed by atoms with E-state index in [0.717, 1.165) is 0 Å². The van der Waals surface area contributed by atoms with E-state index in [4.69, 9.17) is 12.2 Å². The lowest BCUT2D eigenvalue weighted by Gasteiger charge is -2.18. The molecule has 17 heavy (non-hydrogen) atoms. The first-order valence-corrected chi connectivity index (χ1v) is 5.87. The van der Waals surface area contributed by atoms with Gasteiger partial charge in [0.2, 0.25) is 0 Å². The Morgan fingerprint density at radius 3 is 2.71 bits per heavy atom. The largest absolute Gasteiger partial charge is 0.364 e. The van der Waals surface area contributed by atoms with Crippen molar-refractivity contribution in [3.05, 3.63) is 48.0 Å². The first-order valence-electron chi connectivity index (χ1n) is 5.46. The minimum atomic E-state index is 0.606.